The summed E-state index contributed by atoms with van der Waals surface area (Å²) >= 11 is 8.72. The smallest absolute Gasteiger partial charge is 0.338 e. The average Bonchev–Trinajstić information content (AvgIpc) is 1.97. The zero-order valence-corrected chi connectivity index (χ0v) is 8.19. The maximum absolute atomic E-state index is 10.6. The molecule has 0 bridgehead atoms. The molecule has 3 N–H and O–H groups in total. The zero-order chi connectivity index (χ0) is 9.30. The molecule has 0 radical (unpaired) electrons. The molecule has 64 valence electrons. The van der Waals surface area contributed by atoms with Gasteiger partial charge < -0.3 is 10.8 Å². The van der Waals surface area contributed by atoms with Gasteiger partial charge in [-0.15, -0.1) is 0 Å². The molecule has 0 spiro atoms. The predicted octanol–water partition coefficient (Wildman–Crippen LogP) is 2.38. The van der Waals surface area contributed by atoms with Crippen LogP contribution < -0.4 is 5.73 Å². The van der Waals surface area contributed by atoms with E-state index in [1.54, 1.807) is 12.1 Å². The second kappa shape index (κ2) is 3.33. The Morgan fingerprint density at radius 2 is 2.17 bits per heavy atom. The minimum absolute atomic E-state index is 0.00309. The van der Waals surface area contributed by atoms with Gasteiger partial charge in [0, 0.05) is 4.47 Å². The van der Waals surface area contributed by atoms with Gasteiger partial charge >= 0.3 is 5.97 Å². The number of nitrogen functional groups attached to an aromatic ring is 1. The van der Waals surface area contributed by atoms with E-state index in [2.05, 4.69) is 15.9 Å². The Hall–Kier alpha value is -0.740. The average molecular weight is 250 g/mol. The molecule has 12 heavy (non-hydrogen) atoms. The van der Waals surface area contributed by atoms with E-state index in [0.717, 1.165) is 0 Å². The third-order valence-corrected chi connectivity index (χ3v) is 2.40. The van der Waals surface area contributed by atoms with Crippen molar-refractivity contribution in [3.63, 3.8) is 0 Å². The van der Waals surface area contributed by atoms with Crippen molar-refractivity contribution in [3.8, 4) is 0 Å². The van der Waals surface area contributed by atoms with E-state index < -0.39 is 5.97 Å². The van der Waals surface area contributed by atoms with Gasteiger partial charge in [-0.2, -0.15) is 0 Å². The Balaban J connectivity index is 3.43. The Bertz CT molecular complexity index is 340. The summed E-state index contributed by atoms with van der Waals surface area (Å²) in [6, 6.07) is 3.09. The number of anilines is 1. The van der Waals surface area contributed by atoms with Crippen LogP contribution in [0.3, 0.4) is 0 Å². The summed E-state index contributed by atoms with van der Waals surface area (Å²) in [4.78, 5) is 10.6. The lowest BCUT2D eigenvalue weighted by Gasteiger charge is -2.03. The van der Waals surface area contributed by atoms with E-state index in [9.17, 15) is 4.79 Å². The van der Waals surface area contributed by atoms with Crippen molar-refractivity contribution >= 4 is 39.2 Å². The summed E-state index contributed by atoms with van der Waals surface area (Å²) in [7, 11) is 0. The Kier molecular flexibility index (Phi) is 2.59. The van der Waals surface area contributed by atoms with Crippen LogP contribution in [0.15, 0.2) is 16.6 Å². The number of carboxylic acids is 1. The summed E-state index contributed by atoms with van der Waals surface area (Å²) in [5.74, 6) is -1.10. The second-order valence-electron chi connectivity index (χ2n) is 2.13. The lowest BCUT2D eigenvalue weighted by atomic mass is 10.2. The zero-order valence-electron chi connectivity index (χ0n) is 5.84. The second-order valence-corrected chi connectivity index (χ2v) is 3.36. The number of carboxylic acid groups (broad SMARTS) is 1. The number of halogens is 2. The van der Waals surface area contributed by atoms with Crippen LogP contribution in [-0.4, -0.2) is 11.1 Å². The standard InChI is InChI=1S/C7H5BrClNO2/c8-3-1-2-4(10)6(9)5(3)7(11)12/h1-2H,10H2,(H,11,12). The summed E-state index contributed by atoms with van der Waals surface area (Å²) in [6.07, 6.45) is 0. The lowest BCUT2D eigenvalue weighted by Crippen LogP contribution is -2.01. The maximum atomic E-state index is 10.6. The minimum Gasteiger partial charge on any atom is -0.478 e. The van der Waals surface area contributed by atoms with E-state index in [-0.39, 0.29) is 16.3 Å². The van der Waals surface area contributed by atoms with Crippen LogP contribution in [0.4, 0.5) is 5.69 Å². The molecule has 0 aliphatic carbocycles. The third-order valence-electron chi connectivity index (χ3n) is 1.33. The van der Waals surface area contributed by atoms with Gasteiger partial charge in [-0.3, -0.25) is 0 Å². The molecule has 0 amide bonds. The molecule has 5 heteroatoms. The number of nitrogens with two attached hydrogens (primary N) is 1. The highest BCUT2D eigenvalue weighted by atomic mass is 79.9. The van der Waals surface area contributed by atoms with Crippen molar-refractivity contribution in [1.82, 2.24) is 0 Å². The van der Waals surface area contributed by atoms with Crippen LogP contribution >= 0.6 is 27.5 Å². The van der Waals surface area contributed by atoms with E-state index >= 15 is 0 Å². The lowest BCUT2D eigenvalue weighted by molar-refractivity contribution is 0.0696. The first kappa shape index (κ1) is 9.35. The summed E-state index contributed by atoms with van der Waals surface area (Å²) < 4.78 is 0.425. The van der Waals surface area contributed by atoms with Gasteiger partial charge in [0.1, 0.15) is 0 Å². The van der Waals surface area contributed by atoms with Gasteiger partial charge in [-0.05, 0) is 28.1 Å². The maximum Gasteiger partial charge on any atom is 0.338 e. The minimum atomic E-state index is -1.10. The Morgan fingerprint density at radius 1 is 1.58 bits per heavy atom. The molecule has 0 saturated heterocycles. The molecule has 1 aromatic carbocycles. The first-order valence-electron chi connectivity index (χ1n) is 3.01. The molecular weight excluding hydrogens is 245 g/mol. The van der Waals surface area contributed by atoms with Crippen molar-refractivity contribution < 1.29 is 9.90 Å². The molecule has 0 heterocycles. The number of benzene rings is 1. The highest BCUT2D eigenvalue weighted by Crippen LogP contribution is 2.29. The highest BCUT2D eigenvalue weighted by Gasteiger charge is 2.14. The molecule has 0 atom stereocenters. The van der Waals surface area contributed by atoms with Crippen molar-refractivity contribution in [2.75, 3.05) is 5.73 Å². The largest absolute Gasteiger partial charge is 0.478 e. The van der Waals surface area contributed by atoms with E-state index in [4.69, 9.17) is 22.4 Å². The van der Waals surface area contributed by atoms with E-state index in [0.29, 0.717) is 4.47 Å². The number of hydrogen-bond donors (Lipinski definition) is 2. The van der Waals surface area contributed by atoms with Crippen molar-refractivity contribution in [3.05, 3.63) is 27.2 Å². The van der Waals surface area contributed by atoms with Crippen molar-refractivity contribution in [2.24, 2.45) is 0 Å². The van der Waals surface area contributed by atoms with E-state index in [1.807, 2.05) is 0 Å². The molecule has 0 fully saturated rings. The molecule has 0 aliphatic heterocycles. The number of hydrogen-bond acceptors (Lipinski definition) is 2. The van der Waals surface area contributed by atoms with Gasteiger partial charge in [-0.25, -0.2) is 4.79 Å². The quantitative estimate of drug-likeness (QED) is 0.752. The molecule has 0 aliphatic rings. The molecule has 0 aromatic heterocycles. The van der Waals surface area contributed by atoms with Gasteiger partial charge in [0.15, 0.2) is 0 Å². The molecular formula is C7H5BrClNO2. The number of aromatic carboxylic acids is 1. The number of rotatable bonds is 1. The molecule has 0 saturated carbocycles. The monoisotopic (exact) mass is 249 g/mol. The van der Waals surface area contributed by atoms with Gasteiger partial charge in [0.25, 0.3) is 0 Å². The Morgan fingerprint density at radius 3 is 2.58 bits per heavy atom. The van der Waals surface area contributed by atoms with Crippen LogP contribution in [0.1, 0.15) is 10.4 Å². The van der Waals surface area contributed by atoms with E-state index in [1.165, 1.54) is 0 Å². The van der Waals surface area contributed by atoms with Crippen LogP contribution in [0.25, 0.3) is 0 Å². The molecule has 0 unspecified atom stereocenters. The van der Waals surface area contributed by atoms with Gasteiger partial charge in [0.2, 0.25) is 0 Å². The SMILES string of the molecule is Nc1ccc(Br)c(C(=O)O)c1Cl. The fourth-order valence-electron chi connectivity index (χ4n) is 0.765. The van der Waals surface area contributed by atoms with Crippen molar-refractivity contribution in [2.45, 2.75) is 0 Å². The third kappa shape index (κ3) is 1.54. The molecule has 3 nitrogen and oxygen atoms in total. The fourth-order valence-corrected chi connectivity index (χ4v) is 1.62. The first-order chi connectivity index (χ1) is 5.54. The van der Waals surface area contributed by atoms with Gasteiger partial charge in [0.05, 0.1) is 16.3 Å². The van der Waals surface area contributed by atoms with Crippen LogP contribution in [-0.2, 0) is 0 Å². The highest BCUT2D eigenvalue weighted by molar-refractivity contribution is 9.10. The first-order valence-corrected chi connectivity index (χ1v) is 4.18. The van der Waals surface area contributed by atoms with Crippen LogP contribution in [0.5, 0.6) is 0 Å². The normalized spacial score (nSPS) is 9.83. The molecule has 1 aromatic rings. The Labute approximate surface area is 82.3 Å². The van der Waals surface area contributed by atoms with Crippen LogP contribution in [0, 0.1) is 0 Å². The summed E-state index contributed by atoms with van der Waals surface area (Å²) in [5, 5.41) is 8.77. The van der Waals surface area contributed by atoms with Gasteiger partial charge in [-0.1, -0.05) is 11.6 Å². The summed E-state index contributed by atoms with van der Waals surface area (Å²) in [5.41, 5.74) is 5.67. The fraction of sp³-hybridized carbons (Fsp3) is 0. The molecule has 1 rings (SSSR count). The number of carbonyl (C=O) groups is 1. The summed E-state index contributed by atoms with van der Waals surface area (Å²) in [6.45, 7) is 0. The topological polar surface area (TPSA) is 63.3 Å². The predicted molar refractivity (Wildman–Crippen MR) is 50.5 cm³/mol. The van der Waals surface area contributed by atoms with Crippen molar-refractivity contribution in [1.29, 1.82) is 0 Å². The van der Waals surface area contributed by atoms with Crippen LogP contribution in [0.2, 0.25) is 5.02 Å².